The normalized spacial score (nSPS) is 11.3. The van der Waals surface area contributed by atoms with Gasteiger partial charge in [0.1, 0.15) is 0 Å². The summed E-state index contributed by atoms with van der Waals surface area (Å²) in [6, 6.07) is 12.9. The van der Waals surface area contributed by atoms with E-state index in [0.29, 0.717) is 27.5 Å². The van der Waals surface area contributed by atoms with Crippen LogP contribution in [0.5, 0.6) is 0 Å². The van der Waals surface area contributed by atoms with Gasteiger partial charge in [-0.3, -0.25) is 14.0 Å². The molecule has 5 nitrogen and oxygen atoms in total. The molecule has 0 bridgehead atoms. The molecule has 4 aromatic rings. The molecule has 0 unspecified atom stereocenters. The number of fused-ring (bicyclic) bond motifs is 3. The monoisotopic (exact) mass is 398 g/mol. The van der Waals surface area contributed by atoms with Gasteiger partial charge in [-0.25, -0.2) is 0 Å². The largest absolute Gasteiger partial charge is 0.481 e. The lowest BCUT2D eigenvalue weighted by atomic mass is 10.0. The van der Waals surface area contributed by atoms with E-state index in [2.05, 4.69) is 4.98 Å². The van der Waals surface area contributed by atoms with Crippen LogP contribution in [0.15, 0.2) is 47.3 Å². The number of nitrogens with zero attached hydrogens (tertiary/aromatic N) is 2. The van der Waals surface area contributed by atoms with Crippen molar-refractivity contribution in [3.05, 3.63) is 69.0 Å². The van der Waals surface area contributed by atoms with Gasteiger partial charge in [0, 0.05) is 10.6 Å². The zero-order valence-corrected chi connectivity index (χ0v) is 16.0. The van der Waals surface area contributed by atoms with E-state index >= 15 is 0 Å². The average Bonchev–Trinajstić information content (AvgIpc) is 2.97. The molecule has 0 radical (unpaired) electrons. The van der Waals surface area contributed by atoms with Crippen LogP contribution in [0.4, 0.5) is 0 Å². The first-order chi connectivity index (χ1) is 13.0. The van der Waals surface area contributed by atoms with Gasteiger partial charge in [0.2, 0.25) is 0 Å². The maximum atomic E-state index is 12.6. The smallest absolute Gasteiger partial charge is 0.307 e. The van der Waals surface area contributed by atoms with E-state index in [1.54, 1.807) is 18.2 Å². The minimum absolute atomic E-state index is 0.0423. The van der Waals surface area contributed by atoms with Crippen molar-refractivity contribution in [1.29, 1.82) is 0 Å². The number of halogens is 1. The second-order valence-corrected chi connectivity index (χ2v) is 7.64. The molecule has 0 saturated carbocycles. The van der Waals surface area contributed by atoms with Gasteiger partial charge in [-0.1, -0.05) is 48.1 Å². The number of carboxylic acid groups (broad SMARTS) is 1. The Bertz CT molecular complexity index is 1240. The standard InChI is InChI=1S/C20H15ClN2O3S/c1-2-14-18(12-4-6-13(21)7-5-12)23-15-8-3-11(10-17(24)25)9-16(15)27-20(23)22-19(14)26/h3-9H,2,10H2,1H3,(H,24,25). The molecule has 1 N–H and O–H groups in total. The fourth-order valence-corrected chi connectivity index (χ4v) is 4.47. The van der Waals surface area contributed by atoms with Gasteiger partial charge < -0.3 is 5.11 Å². The van der Waals surface area contributed by atoms with Crippen LogP contribution in [-0.4, -0.2) is 20.5 Å². The predicted molar refractivity (Wildman–Crippen MR) is 108 cm³/mol. The first-order valence-corrected chi connectivity index (χ1v) is 9.62. The van der Waals surface area contributed by atoms with Crippen molar-refractivity contribution in [2.24, 2.45) is 0 Å². The van der Waals surface area contributed by atoms with E-state index in [1.807, 2.05) is 35.6 Å². The SMILES string of the molecule is CCc1c(-c2ccc(Cl)cc2)n2c(nc1=O)sc1cc(CC(=O)O)ccc12. The van der Waals surface area contributed by atoms with E-state index in [-0.39, 0.29) is 12.0 Å². The van der Waals surface area contributed by atoms with Crippen LogP contribution in [0.3, 0.4) is 0 Å². The topological polar surface area (TPSA) is 71.7 Å². The molecule has 4 rings (SSSR count). The Labute approximate surface area is 163 Å². The maximum Gasteiger partial charge on any atom is 0.307 e. The summed E-state index contributed by atoms with van der Waals surface area (Å²) >= 11 is 7.41. The van der Waals surface area contributed by atoms with Crippen LogP contribution < -0.4 is 5.56 Å². The van der Waals surface area contributed by atoms with Crippen molar-refractivity contribution >= 4 is 44.1 Å². The number of thiazole rings is 1. The molecule has 0 aliphatic rings. The molecular weight excluding hydrogens is 384 g/mol. The first-order valence-electron chi connectivity index (χ1n) is 8.42. The van der Waals surface area contributed by atoms with Crippen LogP contribution >= 0.6 is 22.9 Å². The Balaban J connectivity index is 2.08. The summed E-state index contributed by atoms with van der Waals surface area (Å²) in [5, 5.41) is 9.66. The third kappa shape index (κ3) is 3.11. The number of aromatic nitrogens is 2. The van der Waals surface area contributed by atoms with Gasteiger partial charge in [0.25, 0.3) is 5.56 Å². The summed E-state index contributed by atoms with van der Waals surface area (Å²) in [5.74, 6) is -0.877. The highest BCUT2D eigenvalue weighted by atomic mass is 35.5. The molecule has 2 aromatic heterocycles. The molecule has 27 heavy (non-hydrogen) atoms. The number of benzene rings is 2. The summed E-state index contributed by atoms with van der Waals surface area (Å²) in [6.45, 7) is 1.93. The quantitative estimate of drug-likeness (QED) is 0.552. The maximum absolute atomic E-state index is 12.6. The highest BCUT2D eigenvalue weighted by Gasteiger charge is 2.18. The average molecular weight is 399 g/mol. The molecule has 0 fully saturated rings. The third-order valence-electron chi connectivity index (χ3n) is 4.45. The Morgan fingerprint density at radius 3 is 2.63 bits per heavy atom. The summed E-state index contributed by atoms with van der Waals surface area (Å²) in [6.07, 6.45) is 0.514. The summed E-state index contributed by atoms with van der Waals surface area (Å²) in [7, 11) is 0. The Morgan fingerprint density at radius 2 is 1.96 bits per heavy atom. The molecular formula is C20H15ClN2O3S. The van der Waals surface area contributed by atoms with E-state index < -0.39 is 5.97 Å². The van der Waals surface area contributed by atoms with E-state index in [0.717, 1.165) is 21.5 Å². The summed E-state index contributed by atoms with van der Waals surface area (Å²) in [4.78, 5) is 28.4. The zero-order valence-electron chi connectivity index (χ0n) is 14.4. The lowest BCUT2D eigenvalue weighted by Gasteiger charge is -2.11. The van der Waals surface area contributed by atoms with Gasteiger partial charge >= 0.3 is 5.97 Å². The highest BCUT2D eigenvalue weighted by molar-refractivity contribution is 7.23. The van der Waals surface area contributed by atoms with E-state index in [9.17, 15) is 9.59 Å². The number of hydrogen-bond acceptors (Lipinski definition) is 4. The molecule has 0 saturated heterocycles. The highest BCUT2D eigenvalue weighted by Crippen LogP contribution is 2.32. The van der Waals surface area contributed by atoms with E-state index in [1.165, 1.54) is 11.3 Å². The minimum atomic E-state index is -0.877. The van der Waals surface area contributed by atoms with Crippen molar-refractivity contribution < 1.29 is 9.90 Å². The van der Waals surface area contributed by atoms with Crippen LogP contribution in [0, 0.1) is 0 Å². The summed E-state index contributed by atoms with van der Waals surface area (Å²) < 4.78 is 2.87. The second-order valence-electron chi connectivity index (χ2n) is 6.20. The zero-order chi connectivity index (χ0) is 19.1. The van der Waals surface area contributed by atoms with Gasteiger partial charge in [0.15, 0.2) is 4.96 Å². The van der Waals surface area contributed by atoms with Crippen molar-refractivity contribution in [3.63, 3.8) is 0 Å². The van der Waals surface area contributed by atoms with Crippen molar-refractivity contribution in [1.82, 2.24) is 9.38 Å². The lowest BCUT2D eigenvalue weighted by Crippen LogP contribution is -2.16. The van der Waals surface area contributed by atoms with Crippen LogP contribution in [-0.2, 0) is 17.6 Å². The minimum Gasteiger partial charge on any atom is -0.481 e. The molecule has 0 atom stereocenters. The van der Waals surface area contributed by atoms with Crippen LogP contribution in [0.25, 0.3) is 26.4 Å². The van der Waals surface area contributed by atoms with Crippen molar-refractivity contribution in [2.45, 2.75) is 19.8 Å². The number of carbonyl (C=O) groups is 1. The molecule has 7 heteroatoms. The number of carboxylic acids is 1. The number of hydrogen-bond donors (Lipinski definition) is 1. The molecule has 2 heterocycles. The van der Waals surface area contributed by atoms with Gasteiger partial charge in [-0.05, 0) is 41.8 Å². The summed E-state index contributed by atoms with van der Waals surface area (Å²) in [5.41, 5.74) is 3.72. The van der Waals surface area contributed by atoms with Crippen LogP contribution in [0.2, 0.25) is 5.02 Å². The van der Waals surface area contributed by atoms with Crippen molar-refractivity contribution in [3.8, 4) is 11.3 Å². The van der Waals surface area contributed by atoms with Crippen molar-refractivity contribution in [2.75, 3.05) is 0 Å². The fourth-order valence-electron chi connectivity index (χ4n) is 3.27. The first kappa shape index (κ1) is 17.7. The van der Waals surface area contributed by atoms with Crippen LogP contribution in [0.1, 0.15) is 18.1 Å². The molecule has 0 spiro atoms. The molecule has 0 aliphatic carbocycles. The number of rotatable bonds is 4. The Hall–Kier alpha value is -2.70. The second kappa shape index (κ2) is 6.79. The fraction of sp³-hybridized carbons (Fsp3) is 0.150. The van der Waals surface area contributed by atoms with Gasteiger partial charge in [-0.2, -0.15) is 4.98 Å². The van der Waals surface area contributed by atoms with E-state index in [4.69, 9.17) is 16.7 Å². The molecule has 136 valence electrons. The Morgan fingerprint density at radius 1 is 1.22 bits per heavy atom. The molecule has 0 aliphatic heterocycles. The number of aliphatic carboxylic acids is 1. The van der Waals surface area contributed by atoms with Gasteiger partial charge in [-0.15, -0.1) is 0 Å². The Kier molecular flexibility index (Phi) is 4.45. The lowest BCUT2D eigenvalue weighted by molar-refractivity contribution is -0.136. The molecule has 2 aromatic carbocycles. The third-order valence-corrected chi connectivity index (χ3v) is 5.70. The predicted octanol–water partition coefficient (Wildman–Crippen LogP) is 4.42. The van der Waals surface area contributed by atoms with Gasteiger partial charge in [0.05, 0.1) is 22.3 Å². The molecule has 0 amide bonds.